The van der Waals surface area contributed by atoms with Crippen LogP contribution >= 0.6 is 0 Å². The van der Waals surface area contributed by atoms with Gasteiger partial charge in [0.2, 0.25) is 10.0 Å². The molecule has 0 radical (unpaired) electrons. The largest absolute Gasteiger partial charge is 0.322 e. The molecule has 1 aliphatic heterocycles. The van der Waals surface area contributed by atoms with Crippen LogP contribution in [0.2, 0.25) is 0 Å². The lowest BCUT2D eigenvalue weighted by molar-refractivity contribution is 0.102. The number of benzene rings is 2. The summed E-state index contributed by atoms with van der Waals surface area (Å²) < 4.78 is 27.8. The van der Waals surface area contributed by atoms with Gasteiger partial charge in [0, 0.05) is 23.8 Å². The first-order valence-corrected chi connectivity index (χ1v) is 11.3. The number of nitrogens with zero attached hydrogens (tertiary/aromatic N) is 1. The number of hydrogen-bond acceptors (Lipinski definition) is 3. The Kier molecular flexibility index (Phi) is 6.20. The normalized spacial score (nSPS) is 18.0. The number of anilines is 1. The number of rotatable bonds is 5. The van der Waals surface area contributed by atoms with Crippen molar-refractivity contribution in [1.82, 2.24) is 4.31 Å². The van der Waals surface area contributed by atoms with Gasteiger partial charge in [-0.15, -0.1) is 0 Å². The Morgan fingerprint density at radius 1 is 1.18 bits per heavy atom. The highest BCUT2D eigenvalue weighted by atomic mass is 32.2. The fourth-order valence-corrected chi connectivity index (χ4v) is 5.44. The first-order chi connectivity index (χ1) is 13.3. The minimum atomic E-state index is -3.62. The van der Waals surface area contributed by atoms with E-state index in [0.29, 0.717) is 12.1 Å². The smallest absolute Gasteiger partial charge is 0.255 e. The topological polar surface area (TPSA) is 66.5 Å². The zero-order valence-electron chi connectivity index (χ0n) is 16.7. The van der Waals surface area contributed by atoms with Gasteiger partial charge in [0.05, 0.1) is 4.90 Å². The van der Waals surface area contributed by atoms with Gasteiger partial charge < -0.3 is 5.32 Å². The van der Waals surface area contributed by atoms with E-state index in [0.717, 1.165) is 42.5 Å². The van der Waals surface area contributed by atoms with Gasteiger partial charge >= 0.3 is 0 Å². The molecule has 1 aliphatic rings. The van der Waals surface area contributed by atoms with E-state index < -0.39 is 10.0 Å². The molecule has 0 aliphatic carbocycles. The summed E-state index contributed by atoms with van der Waals surface area (Å²) in [4.78, 5) is 13.1. The molecule has 5 nitrogen and oxygen atoms in total. The van der Waals surface area contributed by atoms with Crippen LogP contribution in [-0.4, -0.2) is 31.2 Å². The maximum atomic E-state index is 13.1. The number of piperidine rings is 1. The number of hydrogen-bond donors (Lipinski definition) is 1. The molecule has 2 aromatic rings. The summed E-state index contributed by atoms with van der Waals surface area (Å²) in [6, 6.07) is 12.4. The van der Waals surface area contributed by atoms with Crippen LogP contribution in [0.15, 0.2) is 47.4 Å². The Morgan fingerprint density at radius 2 is 1.93 bits per heavy atom. The number of sulfonamides is 1. The number of nitrogens with one attached hydrogen (secondary N) is 1. The first kappa shape index (κ1) is 20.6. The van der Waals surface area contributed by atoms with E-state index in [-0.39, 0.29) is 16.8 Å². The van der Waals surface area contributed by atoms with Crippen LogP contribution in [0.25, 0.3) is 0 Å². The quantitative estimate of drug-likeness (QED) is 0.810. The molecule has 150 valence electrons. The second kappa shape index (κ2) is 8.45. The van der Waals surface area contributed by atoms with Crippen LogP contribution in [0.5, 0.6) is 0 Å². The van der Waals surface area contributed by atoms with Crippen LogP contribution in [0.4, 0.5) is 5.69 Å². The fraction of sp³-hybridized carbons (Fsp3) is 0.409. The predicted molar refractivity (Wildman–Crippen MR) is 112 cm³/mol. The predicted octanol–water partition coefficient (Wildman–Crippen LogP) is 4.37. The summed E-state index contributed by atoms with van der Waals surface area (Å²) in [5, 5.41) is 2.94. The van der Waals surface area contributed by atoms with Gasteiger partial charge in [-0.2, -0.15) is 4.31 Å². The first-order valence-electron chi connectivity index (χ1n) is 9.86. The van der Waals surface area contributed by atoms with Crippen LogP contribution < -0.4 is 5.32 Å². The molecule has 2 aromatic carbocycles. The third-order valence-electron chi connectivity index (χ3n) is 5.45. The van der Waals surface area contributed by atoms with E-state index in [4.69, 9.17) is 0 Å². The molecule has 0 spiro atoms. The monoisotopic (exact) mass is 400 g/mol. The highest BCUT2D eigenvalue weighted by molar-refractivity contribution is 7.89. The maximum Gasteiger partial charge on any atom is 0.255 e. The van der Waals surface area contributed by atoms with Crippen molar-refractivity contribution in [3.63, 3.8) is 0 Å². The van der Waals surface area contributed by atoms with Crippen molar-refractivity contribution in [2.45, 2.75) is 57.4 Å². The van der Waals surface area contributed by atoms with E-state index in [1.165, 1.54) is 6.07 Å². The molecule has 1 amide bonds. The molecular formula is C22H28N2O3S. The standard InChI is InChI=1S/C22H28N2O3S/c1-4-18-10-5-6-11-21(18)23-22(25)20-15-19(13-12-16(20)2)28(26,27)24-14-8-7-9-17(24)3/h5-6,10-13,15,17H,4,7-9,14H2,1-3H3,(H,23,25). The van der Waals surface area contributed by atoms with E-state index in [9.17, 15) is 13.2 Å². The lowest BCUT2D eigenvalue weighted by atomic mass is 10.1. The molecule has 1 fully saturated rings. The van der Waals surface area contributed by atoms with Gasteiger partial charge in [0.25, 0.3) is 5.91 Å². The van der Waals surface area contributed by atoms with Crippen molar-refractivity contribution in [3.05, 3.63) is 59.2 Å². The summed E-state index contributed by atoms with van der Waals surface area (Å²) in [7, 11) is -3.62. The Bertz CT molecular complexity index is 969. The Hall–Kier alpha value is -2.18. The Balaban J connectivity index is 1.92. The molecule has 1 saturated heterocycles. The average Bonchev–Trinajstić information content (AvgIpc) is 2.68. The van der Waals surface area contributed by atoms with E-state index in [1.807, 2.05) is 45.0 Å². The van der Waals surface area contributed by atoms with Crippen LogP contribution in [0.1, 0.15) is 54.6 Å². The number of para-hydroxylation sites is 1. The molecule has 1 atom stereocenters. The van der Waals surface area contributed by atoms with Gasteiger partial charge in [0.15, 0.2) is 0 Å². The molecule has 3 rings (SSSR count). The zero-order chi connectivity index (χ0) is 20.3. The summed E-state index contributed by atoms with van der Waals surface area (Å²) in [5.41, 5.74) is 2.93. The Morgan fingerprint density at radius 3 is 2.64 bits per heavy atom. The highest BCUT2D eigenvalue weighted by Gasteiger charge is 2.31. The molecule has 0 bridgehead atoms. The molecular weight excluding hydrogens is 372 g/mol. The lowest BCUT2D eigenvalue weighted by Gasteiger charge is -2.32. The average molecular weight is 401 g/mol. The summed E-state index contributed by atoms with van der Waals surface area (Å²) in [6.45, 7) is 6.33. The van der Waals surface area contributed by atoms with Crippen molar-refractivity contribution in [2.75, 3.05) is 11.9 Å². The van der Waals surface area contributed by atoms with E-state index in [1.54, 1.807) is 16.4 Å². The van der Waals surface area contributed by atoms with Gasteiger partial charge in [-0.05, 0) is 62.4 Å². The van der Waals surface area contributed by atoms with E-state index in [2.05, 4.69) is 5.32 Å². The van der Waals surface area contributed by atoms with Crippen molar-refractivity contribution in [1.29, 1.82) is 0 Å². The van der Waals surface area contributed by atoms with Crippen LogP contribution in [-0.2, 0) is 16.4 Å². The van der Waals surface area contributed by atoms with Gasteiger partial charge in [0.1, 0.15) is 0 Å². The summed E-state index contributed by atoms with van der Waals surface area (Å²) in [5.74, 6) is -0.290. The highest BCUT2D eigenvalue weighted by Crippen LogP contribution is 2.27. The lowest BCUT2D eigenvalue weighted by Crippen LogP contribution is -2.42. The third kappa shape index (κ3) is 4.13. The van der Waals surface area contributed by atoms with Gasteiger partial charge in [-0.3, -0.25) is 4.79 Å². The van der Waals surface area contributed by atoms with Crippen LogP contribution in [0.3, 0.4) is 0 Å². The summed E-state index contributed by atoms with van der Waals surface area (Å²) in [6.07, 6.45) is 3.59. The summed E-state index contributed by atoms with van der Waals surface area (Å²) >= 11 is 0. The number of carbonyl (C=O) groups excluding carboxylic acids is 1. The number of carbonyl (C=O) groups is 1. The second-order valence-corrected chi connectivity index (χ2v) is 9.29. The third-order valence-corrected chi connectivity index (χ3v) is 7.46. The molecule has 1 N–H and O–H groups in total. The molecule has 6 heteroatoms. The molecule has 1 heterocycles. The molecule has 1 unspecified atom stereocenters. The van der Waals surface area contributed by atoms with Gasteiger partial charge in [-0.1, -0.05) is 37.6 Å². The van der Waals surface area contributed by atoms with Crippen molar-refractivity contribution >= 4 is 21.6 Å². The van der Waals surface area contributed by atoms with Crippen molar-refractivity contribution in [3.8, 4) is 0 Å². The van der Waals surface area contributed by atoms with Crippen molar-refractivity contribution < 1.29 is 13.2 Å². The molecule has 28 heavy (non-hydrogen) atoms. The van der Waals surface area contributed by atoms with Crippen molar-refractivity contribution in [2.24, 2.45) is 0 Å². The SMILES string of the molecule is CCc1ccccc1NC(=O)c1cc(S(=O)(=O)N2CCCCC2C)ccc1C. The zero-order valence-corrected chi connectivity index (χ0v) is 17.6. The van der Waals surface area contributed by atoms with Crippen LogP contribution in [0, 0.1) is 6.92 Å². The maximum absolute atomic E-state index is 13.1. The van der Waals surface area contributed by atoms with Gasteiger partial charge in [-0.25, -0.2) is 8.42 Å². The minimum absolute atomic E-state index is 0.0197. The fourth-order valence-electron chi connectivity index (χ4n) is 3.71. The van der Waals surface area contributed by atoms with E-state index >= 15 is 0 Å². The molecule has 0 saturated carbocycles. The Labute approximate surface area is 167 Å². The number of aryl methyl sites for hydroxylation is 2. The molecule has 0 aromatic heterocycles. The number of amides is 1. The second-order valence-electron chi connectivity index (χ2n) is 7.40. The minimum Gasteiger partial charge on any atom is -0.322 e.